The highest BCUT2D eigenvalue weighted by Crippen LogP contribution is 2.12. The summed E-state index contributed by atoms with van der Waals surface area (Å²) in [6.07, 6.45) is 6.10. The topological polar surface area (TPSA) is 56.8 Å². The van der Waals surface area contributed by atoms with E-state index in [-0.39, 0.29) is 11.8 Å². The molecule has 0 unspecified atom stereocenters. The van der Waals surface area contributed by atoms with Crippen LogP contribution in [0.15, 0.2) is 0 Å². The lowest BCUT2D eigenvalue weighted by atomic mass is 9.96. The third kappa shape index (κ3) is 3.19. The molecule has 1 amide bonds. The summed E-state index contributed by atoms with van der Waals surface area (Å²) in [5.74, 6) is 0.00369. The summed E-state index contributed by atoms with van der Waals surface area (Å²) in [5.41, 5.74) is 5.32. The van der Waals surface area contributed by atoms with Crippen molar-refractivity contribution in [3.63, 3.8) is 0 Å². The number of rotatable bonds is 3. The van der Waals surface area contributed by atoms with Crippen molar-refractivity contribution >= 4 is 5.91 Å². The molecule has 2 saturated heterocycles. The van der Waals surface area contributed by atoms with Gasteiger partial charge in [-0.15, -0.1) is 0 Å². The maximum atomic E-state index is 11.0. The molecule has 0 aromatic carbocycles. The first-order valence-electron chi connectivity index (χ1n) is 6.50. The van der Waals surface area contributed by atoms with Crippen LogP contribution in [0.5, 0.6) is 0 Å². The molecule has 16 heavy (non-hydrogen) atoms. The van der Waals surface area contributed by atoms with Gasteiger partial charge in [-0.1, -0.05) is 0 Å². The van der Waals surface area contributed by atoms with Gasteiger partial charge in [-0.3, -0.25) is 4.79 Å². The molecule has 2 aliphatic heterocycles. The van der Waals surface area contributed by atoms with Crippen LogP contribution < -0.4 is 10.6 Å². The van der Waals surface area contributed by atoms with Crippen molar-refractivity contribution in [2.24, 2.45) is 11.7 Å². The van der Waals surface area contributed by atoms with Gasteiger partial charge in [-0.05, 0) is 19.3 Å². The summed E-state index contributed by atoms with van der Waals surface area (Å²) in [6.45, 7) is 4.20. The Kier molecular flexibility index (Phi) is 4.18. The van der Waals surface area contributed by atoms with Crippen molar-refractivity contribution in [1.82, 2.24) is 0 Å². The summed E-state index contributed by atoms with van der Waals surface area (Å²) in [5, 5.41) is 0. The van der Waals surface area contributed by atoms with Crippen LogP contribution in [0.2, 0.25) is 0 Å². The summed E-state index contributed by atoms with van der Waals surface area (Å²) in [6, 6.07) is 0. The molecule has 0 radical (unpaired) electrons. The molecule has 0 saturated carbocycles. The quantitative estimate of drug-likeness (QED) is 0.672. The highest BCUT2D eigenvalue weighted by atomic mass is 16.5. The smallest absolute Gasteiger partial charge is 0.220 e. The Labute approximate surface area is 97.1 Å². The molecule has 0 aliphatic carbocycles. The van der Waals surface area contributed by atoms with E-state index in [0.29, 0.717) is 6.10 Å². The third-order valence-electron chi connectivity index (χ3n) is 3.89. The van der Waals surface area contributed by atoms with Crippen molar-refractivity contribution in [2.45, 2.75) is 38.2 Å². The molecular formula is C12H23N2O2+. The molecule has 2 fully saturated rings. The highest BCUT2D eigenvalue weighted by Gasteiger charge is 2.28. The zero-order chi connectivity index (χ0) is 11.4. The number of hydrogen-bond acceptors (Lipinski definition) is 2. The Morgan fingerprint density at radius 2 is 2.00 bits per heavy atom. The zero-order valence-electron chi connectivity index (χ0n) is 9.91. The fourth-order valence-electron chi connectivity index (χ4n) is 2.81. The van der Waals surface area contributed by atoms with E-state index in [9.17, 15) is 4.79 Å². The molecule has 1 atom stereocenters. The van der Waals surface area contributed by atoms with Gasteiger partial charge in [0.2, 0.25) is 5.91 Å². The van der Waals surface area contributed by atoms with E-state index in [4.69, 9.17) is 10.5 Å². The Morgan fingerprint density at radius 3 is 2.56 bits per heavy atom. The maximum absolute atomic E-state index is 11.0. The van der Waals surface area contributed by atoms with Crippen LogP contribution in [0.3, 0.4) is 0 Å². The molecule has 0 bridgehead atoms. The van der Waals surface area contributed by atoms with Crippen LogP contribution in [-0.4, -0.2) is 38.3 Å². The molecule has 4 heteroatoms. The second-order valence-corrected chi connectivity index (χ2v) is 5.12. The highest BCUT2D eigenvalue weighted by molar-refractivity contribution is 5.76. The molecule has 2 heterocycles. The van der Waals surface area contributed by atoms with E-state index in [0.717, 1.165) is 39.1 Å². The van der Waals surface area contributed by atoms with E-state index >= 15 is 0 Å². The van der Waals surface area contributed by atoms with Gasteiger partial charge in [0, 0.05) is 25.4 Å². The van der Waals surface area contributed by atoms with Crippen molar-refractivity contribution in [2.75, 3.05) is 26.2 Å². The summed E-state index contributed by atoms with van der Waals surface area (Å²) < 4.78 is 5.74. The standard InChI is InChI=1S/C12H22N2O2/c13-12(15)10-4-6-14(7-5-10)9-11-3-1-2-8-16-11/h10-11H,1-9H2,(H2,13,15)/p+1/t11-/m0/s1. The van der Waals surface area contributed by atoms with Crippen LogP contribution in [0.25, 0.3) is 0 Å². The number of hydrogen-bond donors (Lipinski definition) is 2. The summed E-state index contributed by atoms with van der Waals surface area (Å²) >= 11 is 0. The number of primary amides is 1. The molecular weight excluding hydrogens is 204 g/mol. The third-order valence-corrected chi connectivity index (χ3v) is 3.89. The van der Waals surface area contributed by atoms with Crippen LogP contribution in [0.4, 0.5) is 0 Å². The largest absolute Gasteiger partial charge is 0.372 e. The van der Waals surface area contributed by atoms with Crippen LogP contribution in [0.1, 0.15) is 32.1 Å². The Hall–Kier alpha value is -0.610. The fourth-order valence-corrected chi connectivity index (χ4v) is 2.81. The zero-order valence-corrected chi connectivity index (χ0v) is 9.91. The first kappa shape index (κ1) is 11.9. The Bertz CT molecular complexity index is 231. The van der Waals surface area contributed by atoms with Crippen molar-refractivity contribution in [1.29, 1.82) is 0 Å². The molecule has 92 valence electrons. The number of piperidine rings is 1. The van der Waals surface area contributed by atoms with Gasteiger partial charge < -0.3 is 15.4 Å². The SMILES string of the molecule is NC(=O)C1CC[NH+](C[C@@H]2CCCCO2)CC1. The predicted molar refractivity (Wildman–Crippen MR) is 61.1 cm³/mol. The Morgan fingerprint density at radius 1 is 1.25 bits per heavy atom. The van der Waals surface area contributed by atoms with Gasteiger partial charge in [0.1, 0.15) is 12.6 Å². The lowest BCUT2D eigenvalue weighted by Crippen LogP contribution is -3.14. The number of nitrogens with one attached hydrogen (secondary N) is 1. The fraction of sp³-hybridized carbons (Fsp3) is 0.917. The summed E-state index contributed by atoms with van der Waals surface area (Å²) in [7, 11) is 0. The van der Waals surface area contributed by atoms with Gasteiger partial charge in [-0.2, -0.15) is 0 Å². The second-order valence-electron chi connectivity index (χ2n) is 5.12. The maximum Gasteiger partial charge on any atom is 0.220 e. The number of ether oxygens (including phenoxy) is 1. The molecule has 0 spiro atoms. The van der Waals surface area contributed by atoms with E-state index < -0.39 is 0 Å². The minimum absolute atomic E-state index is 0.118. The molecule has 2 aliphatic rings. The van der Waals surface area contributed by atoms with E-state index in [1.54, 1.807) is 4.90 Å². The molecule has 0 aromatic rings. The van der Waals surface area contributed by atoms with Crippen LogP contribution in [-0.2, 0) is 9.53 Å². The second kappa shape index (κ2) is 5.64. The average Bonchev–Trinajstić information content (AvgIpc) is 2.31. The van der Waals surface area contributed by atoms with Gasteiger partial charge in [-0.25, -0.2) is 0 Å². The predicted octanol–water partition coefficient (Wildman–Crippen LogP) is -0.664. The minimum atomic E-state index is -0.118. The molecule has 4 nitrogen and oxygen atoms in total. The molecule has 3 N–H and O–H groups in total. The van der Waals surface area contributed by atoms with Crippen LogP contribution >= 0.6 is 0 Å². The molecule has 0 aromatic heterocycles. The van der Waals surface area contributed by atoms with Crippen molar-refractivity contribution < 1.29 is 14.4 Å². The normalized spacial score (nSPS) is 35.9. The lowest BCUT2D eigenvalue weighted by Gasteiger charge is -2.31. The van der Waals surface area contributed by atoms with Gasteiger partial charge in [0.25, 0.3) is 0 Å². The number of carbonyl (C=O) groups is 1. The monoisotopic (exact) mass is 227 g/mol. The minimum Gasteiger partial charge on any atom is -0.372 e. The van der Waals surface area contributed by atoms with Gasteiger partial charge >= 0.3 is 0 Å². The van der Waals surface area contributed by atoms with Gasteiger partial charge in [0.15, 0.2) is 0 Å². The van der Waals surface area contributed by atoms with Crippen molar-refractivity contribution in [3.05, 3.63) is 0 Å². The first-order valence-corrected chi connectivity index (χ1v) is 6.50. The number of quaternary nitrogens is 1. The van der Waals surface area contributed by atoms with Crippen LogP contribution in [0, 0.1) is 5.92 Å². The number of amides is 1. The van der Waals surface area contributed by atoms with Gasteiger partial charge in [0.05, 0.1) is 13.1 Å². The number of likely N-dealkylation sites (tertiary alicyclic amines) is 1. The molecule has 2 rings (SSSR count). The van der Waals surface area contributed by atoms with E-state index in [2.05, 4.69) is 0 Å². The van der Waals surface area contributed by atoms with E-state index in [1.807, 2.05) is 0 Å². The first-order chi connectivity index (χ1) is 7.75. The number of nitrogens with two attached hydrogens (primary N) is 1. The summed E-state index contributed by atoms with van der Waals surface area (Å²) in [4.78, 5) is 12.6. The number of carbonyl (C=O) groups excluding carboxylic acids is 1. The Balaban J connectivity index is 1.70. The van der Waals surface area contributed by atoms with E-state index in [1.165, 1.54) is 19.3 Å². The van der Waals surface area contributed by atoms with Crippen molar-refractivity contribution in [3.8, 4) is 0 Å². The lowest BCUT2D eigenvalue weighted by molar-refractivity contribution is -0.909. The average molecular weight is 227 g/mol.